The number of aromatic hydroxyl groups is 1. The fourth-order valence-corrected chi connectivity index (χ4v) is 3.24. The summed E-state index contributed by atoms with van der Waals surface area (Å²) in [7, 11) is 0. The Morgan fingerprint density at radius 3 is 2.69 bits per heavy atom. The topological polar surface area (TPSA) is 104 Å². The molecule has 8 heteroatoms. The average molecular weight is 351 g/mol. The molecule has 1 fully saturated rings. The summed E-state index contributed by atoms with van der Waals surface area (Å²) in [5.41, 5.74) is 0.408. The number of β-amino-alcohol motifs (C(OH)–C–C–N with tert-alkyl or cyclic N) is 1. The van der Waals surface area contributed by atoms with E-state index in [-0.39, 0.29) is 23.8 Å². The number of nitrogens with zero attached hydrogens (tertiary/aromatic N) is 5. The fraction of sp³-hybridized carbons (Fsp3) is 0.222. The molecule has 1 saturated heterocycles. The SMILES string of the molecule is O=C(c1cc(-n2cnnn2)ccc1O)N1CC[C@](O)(c2ccccc2)C1. The summed E-state index contributed by atoms with van der Waals surface area (Å²) in [5, 5.41) is 32.0. The molecular formula is C18H17N5O3. The maximum Gasteiger partial charge on any atom is 0.257 e. The molecule has 1 aliphatic heterocycles. The Balaban J connectivity index is 1.60. The smallest absolute Gasteiger partial charge is 0.257 e. The van der Waals surface area contributed by atoms with Gasteiger partial charge in [0.1, 0.15) is 17.7 Å². The molecule has 0 radical (unpaired) electrons. The lowest BCUT2D eigenvalue weighted by atomic mass is 9.93. The fourth-order valence-electron chi connectivity index (χ4n) is 3.24. The summed E-state index contributed by atoms with van der Waals surface area (Å²) in [6.45, 7) is 0.573. The monoisotopic (exact) mass is 351 g/mol. The molecule has 26 heavy (non-hydrogen) atoms. The number of benzene rings is 2. The predicted molar refractivity (Wildman–Crippen MR) is 91.7 cm³/mol. The average Bonchev–Trinajstić information content (AvgIpc) is 3.33. The second kappa shape index (κ2) is 6.23. The van der Waals surface area contributed by atoms with Gasteiger partial charge in [-0.05, 0) is 40.6 Å². The first-order valence-electron chi connectivity index (χ1n) is 8.20. The first-order valence-corrected chi connectivity index (χ1v) is 8.20. The van der Waals surface area contributed by atoms with Crippen molar-refractivity contribution in [2.24, 2.45) is 0 Å². The van der Waals surface area contributed by atoms with Crippen LogP contribution in [0.3, 0.4) is 0 Å². The van der Waals surface area contributed by atoms with E-state index in [0.717, 1.165) is 5.56 Å². The molecule has 132 valence electrons. The highest BCUT2D eigenvalue weighted by atomic mass is 16.3. The number of rotatable bonds is 3. The molecule has 1 aromatic heterocycles. The molecular weight excluding hydrogens is 334 g/mol. The van der Waals surface area contributed by atoms with Crippen LogP contribution in [-0.2, 0) is 5.60 Å². The predicted octanol–water partition coefficient (Wildman–Crippen LogP) is 1.10. The van der Waals surface area contributed by atoms with E-state index in [1.54, 1.807) is 11.0 Å². The number of aliphatic hydroxyl groups is 1. The lowest BCUT2D eigenvalue weighted by Gasteiger charge is -2.24. The quantitative estimate of drug-likeness (QED) is 0.732. The highest BCUT2D eigenvalue weighted by Gasteiger charge is 2.40. The maximum atomic E-state index is 12.9. The summed E-state index contributed by atoms with van der Waals surface area (Å²) < 4.78 is 1.40. The molecule has 8 nitrogen and oxygen atoms in total. The van der Waals surface area contributed by atoms with Gasteiger partial charge in [0.2, 0.25) is 0 Å². The second-order valence-corrected chi connectivity index (χ2v) is 6.33. The Hall–Kier alpha value is -3.26. The van der Waals surface area contributed by atoms with Crippen LogP contribution in [0.25, 0.3) is 5.69 Å². The summed E-state index contributed by atoms with van der Waals surface area (Å²) >= 11 is 0. The van der Waals surface area contributed by atoms with Gasteiger partial charge in [0.15, 0.2) is 0 Å². The van der Waals surface area contributed by atoms with Gasteiger partial charge in [-0.2, -0.15) is 0 Å². The van der Waals surface area contributed by atoms with Gasteiger partial charge in [-0.1, -0.05) is 30.3 Å². The van der Waals surface area contributed by atoms with Gasteiger partial charge in [-0.3, -0.25) is 4.79 Å². The minimum absolute atomic E-state index is 0.123. The molecule has 2 aromatic carbocycles. The molecule has 0 saturated carbocycles. The largest absolute Gasteiger partial charge is 0.507 e. The highest BCUT2D eigenvalue weighted by molar-refractivity contribution is 5.97. The lowest BCUT2D eigenvalue weighted by molar-refractivity contribution is 0.0416. The third-order valence-corrected chi connectivity index (χ3v) is 4.67. The van der Waals surface area contributed by atoms with Crippen LogP contribution in [0.2, 0.25) is 0 Å². The molecule has 3 aromatic rings. The number of tetrazole rings is 1. The van der Waals surface area contributed by atoms with E-state index in [9.17, 15) is 15.0 Å². The Morgan fingerprint density at radius 1 is 1.15 bits per heavy atom. The van der Waals surface area contributed by atoms with Gasteiger partial charge in [-0.15, -0.1) is 5.10 Å². The van der Waals surface area contributed by atoms with Gasteiger partial charge in [0.05, 0.1) is 17.8 Å². The Kier molecular flexibility index (Phi) is 3.89. The van der Waals surface area contributed by atoms with E-state index >= 15 is 0 Å². The number of hydrogen-bond donors (Lipinski definition) is 2. The van der Waals surface area contributed by atoms with Gasteiger partial charge in [0, 0.05) is 6.54 Å². The Labute approximate surface area is 149 Å². The van der Waals surface area contributed by atoms with E-state index in [1.807, 2.05) is 30.3 Å². The number of hydrogen-bond acceptors (Lipinski definition) is 6. The molecule has 1 atom stereocenters. The molecule has 2 N–H and O–H groups in total. The van der Waals surface area contributed by atoms with E-state index < -0.39 is 5.60 Å². The summed E-state index contributed by atoms with van der Waals surface area (Å²) in [5.74, 6) is -0.466. The van der Waals surface area contributed by atoms with E-state index in [4.69, 9.17) is 0 Å². The van der Waals surface area contributed by atoms with Crippen LogP contribution in [0.5, 0.6) is 5.75 Å². The van der Waals surface area contributed by atoms with Crippen LogP contribution in [0, 0.1) is 0 Å². The highest BCUT2D eigenvalue weighted by Crippen LogP contribution is 2.33. The normalized spacial score (nSPS) is 19.7. The van der Waals surface area contributed by atoms with Crippen LogP contribution >= 0.6 is 0 Å². The second-order valence-electron chi connectivity index (χ2n) is 6.33. The van der Waals surface area contributed by atoms with Crippen molar-refractivity contribution >= 4 is 5.91 Å². The number of phenols is 1. The number of amides is 1. The minimum Gasteiger partial charge on any atom is -0.507 e. The van der Waals surface area contributed by atoms with Crippen molar-refractivity contribution in [1.29, 1.82) is 0 Å². The molecule has 0 bridgehead atoms. The van der Waals surface area contributed by atoms with Gasteiger partial charge >= 0.3 is 0 Å². The third-order valence-electron chi connectivity index (χ3n) is 4.67. The number of aromatic nitrogens is 4. The van der Waals surface area contributed by atoms with Crippen LogP contribution in [-0.4, -0.2) is 54.3 Å². The zero-order valence-electron chi connectivity index (χ0n) is 13.9. The summed E-state index contributed by atoms with van der Waals surface area (Å²) in [6.07, 6.45) is 1.85. The van der Waals surface area contributed by atoms with Crippen molar-refractivity contribution in [3.63, 3.8) is 0 Å². The van der Waals surface area contributed by atoms with Crippen LogP contribution in [0.1, 0.15) is 22.3 Å². The molecule has 2 heterocycles. The van der Waals surface area contributed by atoms with Crippen LogP contribution in [0.15, 0.2) is 54.9 Å². The molecule has 1 aliphatic rings. The van der Waals surface area contributed by atoms with Crippen molar-refractivity contribution in [3.8, 4) is 11.4 Å². The van der Waals surface area contributed by atoms with E-state index in [1.165, 1.54) is 23.1 Å². The van der Waals surface area contributed by atoms with Crippen LogP contribution in [0.4, 0.5) is 0 Å². The molecule has 1 amide bonds. The van der Waals surface area contributed by atoms with Crippen molar-refractivity contribution in [2.45, 2.75) is 12.0 Å². The molecule has 0 spiro atoms. The third kappa shape index (κ3) is 2.80. The number of likely N-dealkylation sites (tertiary alicyclic amines) is 1. The Bertz CT molecular complexity index is 929. The van der Waals surface area contributed by atoms with Crippen molar-refractivity contribution in [2.75, 3.05) is 13.1 Å². The van der Waals surface area contributed by atoms with E-state index in [2.05, 4.69) is 15.5 Å². The Morgan fingerprint density at radius 2 is 1.96 bits per heavy atom. The maximum absolute atomic E-state index is 12.9. The summed E-state index contributed by atoms with van der Waals surface area (Å²) in [4.78, 5) is 14.4. The van der Waals surface area contributed by atoms with Crippen molar-refractivity contribution in [3.05, 3.63) is 66.0 Å². The first kappa shape index (κ1) is 16.2. The summed E-state index contributed by atoms with van der Waals surface area (Å²) in [6, 6.07) is 13.9. The zero-order chi connectivity index (χ0) is 18.1. The number of carbonyl (C=O) groups is 1. The standard InChI is InChI=1S/C18H17N5O3/c24-16-7-6-14(23-12-19-20-21-23)10-15(16)17(25)22-9-8-18(26,11-22)13-4-2-1-3-5-13/h1-7,10,12,24,26H,8-9,11H2/t18-/m1/s1. The van der Waals surface area contributed by atoms with Gasteiger partial charge in [0.25, 0.3) is 5.91 Å². The molecule has 0 unspecified atom stereocenters. The van der Waals surface area contributed by atoms with Gasteiger partial charge < -0.3 is 15.1 Å². The van der Waals surface area contributed by atoms with E-state index in [0.29, 0.717) is 18.7 Å². The van der Waals surface area contributed by atoms with Gasteiger partial charge in [-0.25, -0.2) is 4.68 Å². The molecule has 0 aliphatic carbocycles. The molecule has 4 rings (SSSR count). The zero-order valence-corrected chi connectivity index (χ0v) is 13.9. The number of carbonyl (C=O) groups excluding carboxylic acids is 1. The van der Waals surface area contributed by atoms with Crippen molar-refractivity contribution in [1.82, 2.24) is 25.1 Å². The number of phenolic OH excluding ortho intramolecular Hbond substituents is 1. The minimum atomic E-state index is -1.08. The first-order chi connectivity index (χ1) is 12.6. The lowest BCUT2D eigenvalue weighted by Crippen LogP contribution is -2.34. The van der Waals surface area contributed by atoms with Crippen molar-refractivity contribution < 1.29 is 15.0 Å². The van der Waals surface area contributed by atoms with Crippen LogP contribution < -0.4 is 0 Å².